The Hall–Kier alpha value is -3.87. The third kappa shape index (κ3) is 3.24. The van der Waals surface area contributed by atoms with Gasteiger partial charge in [0.15, 0.2) is 11.5 Å². The molecule has 1 fully saturated rings. The number of benzene rings is 2. The number of carbonyl (C=O) groups excluding carboxylic acids is 2. The lowest BCUT2D eigenvalue weighted by molar-refractivity contribution is 0.0518. The number of amides is 2. The zero-order valence-electron chi connectivity index (χ0n) is 16.2. The summed E-state index contributed by atoms with van der Waals surface area (Å²) >= 11 is 0. The van der Waals surface area contributed by atoms with Gasteiger partial charge in [-0.15, -0.1) is 0 Å². The molecule has 150 valence electrons. The van der Waals surface area contributed by atoms with Gasteiger partial charge in [0.1, 0.15) is 5.52 Å². The van der Waals surface area contributed by atoms with Gasteiger partial charge in [-0.05, 0) is 30.3 Å². The van der Waals surface area contributed by atoms with Crippen molar-refractivity contribution in [2.45, 2.75) is 0 Å². The van der Waals surface area contributed by atoms with Crippen molar-refractivity contribution in [3.8, 4) is 11.3 Å². The van der Waals surface area contributed by atoms with Gasteiger partial charge in [0.25, 0.3) is 11.8 Å². The fraction of sp³-hybridized carbons (Fsp3) is 0.174. The van der Waals surface area contributed by atoms with Crippen LogP contribution in [0, 0.1) is 0 Å². The van der Waals surface area contributed by atoms with Gasteiger partial charge in [-0.25, -0.2) is 0 Å². The summed E-state index contributed by atoms with van der Waals surface area (Å²) in [4.78, 5) is 29.0. The maximum atomic E-state index is 13.1. The van der Waals surface area contributed by atoms with Crippen LogP contribution in [0.3, 0.4) is 0 Å². The Morgan fingerprint density at radius 2 is 1.57 bits per heavy atom. The smallest absolute Gasteiger partial charge is 0.289 e. The second kappa shape index (κ2) is 7.51. The van der Waals surface area contributed by atoms with Crippen LogP contribution < -0.4 is 0 Å². The van der Waals surface area contributed by atoms with E-state index in [4.69, 9.17) is 8.94 Å². The highest BCUT2D eigenvalue weighted by atomic mass is 16.5. The standard InChI is InChI=1S/C23H19N3O4/c27-22(25-10-12-26(13-11-25)23(28)20-7-4-14-29-20)17-8-9-19-18(15-17)21(30-24-19)16-5-2-1-3-6-16/h1-9,14-15H,10-13H2. The summed E-state index contributed by atoms with van der Waals surface area (Å²) in [6.45, 7) is 1.88. The summed E-state index contributed by atoms with van der Waals surface area (Å²) in [5, 5.41) is 4.91. The lowest BCUT2D eigenvalue weighted by Gasteiger charge is -2.34. The van der Waals surface area contributed by atoms with E-state index >= 15 is 0 Å². The van der Waals surface area contributed by atoms with Crippen LogP contribution in [0.1, 0.15) is 20.9 Å². The molecule has 0 spiro atoms. The Morgan fingerprint density at radius 1 is 0.833 bits per heavy atom. The molecule has 0 saturated carbocycles. The van der Waals surface area contributed by atoms with Crippen molar-refractivity contribution in [3.63, 3.8) is 0 Å². The third-order valence-corrected chi connectivity index (χ3v) is 5.35. The molecule has 0 N–H and O–H groups in total. The SMILES string of the molecule is O=C(c1ccc2noc(-c3ccccc3)c2c1)N1CCN(C(=O)c2ccco2)CC1. The molecule has 7 heteroatoms. The first-order chi connectivity index (χ1) is 14.7. The molecule has 0 radical (unpaired) electrons. The highest BCUT2D eigenvalue weighted by Gasteiger charge is 2.27. The molecule has 7 nitrogen and oxygen atoms in total. The summed E-state index contributed by atoms with van der Waals surface area (Å²) < 4.78 is 10.7. The van der Waals surface area contributed by atoms with Crippen LogP contribution >= 0.6 is 0 Å². The topological polar surface area (TPSA) is 79.8 Å². The maximum Gasteiger partial charge on any atom is 0.289 e. The van der Waals surface area contributed by atoms with E-state index in [1.54, 1.807) is 34.1 Å². The number of aromatic nitrogens is 1. The molecule has 5 rings (SSSR count). The molecule has 2 aromatic carbocycles. The molecule has 1 aliphatic heterocycles. The number of hydrogen-bond acceptors (Lipinski definition) is 5. The zero-order valence-corrected chi connectivity index (χ0v) is 16.2. The van der Waals surface area contributed by atoms with Crippen LogP contribution in [-0.4, -0.2) is 52.9 Å². The molecule has 4 aromatic rings. The Morgan fingerprint density at radius 3 is 2.27 bits per heavy atom. The Kier molecular flexibility index (Phi) is 4.55. The van der Waals surface area contributed by atoms with E-state index in [9.17, 15) is 9.59 Å². The fourth-order valence-corrected chi connectivity index (χ4v) is 3.72. The summed E-state index contributed by atoms with van der Waals surface area (Å²) in [5.74, 6) is 0.753. The van der Waals surface area contributed by atoms with Crippen molar-refractivity contribution >= 4 is 22.7 Å². The van der Waals surface area contributed by atoms with E-state index in [0.717, 1.165) is 10.9 Å². The quantitative estimate of drug-likeness (QED) is 0.523. The Balaban J connectivity index is 1.34. The van der Waals surface area contributed by atoms with Crippen molar-refractivity contribution in [2.75, 3.05) is 26.2 Å². The van der Waals surface area contributed by atoms with Crippen molar-refractivity contribution in [2.24, 2.45) is 0 Å². The molecule has 0 bridgehead atoms. The van der Waals surface area contributed by atoms with Gasteiger partial charge in [0.2, 0.25) is 0 Å². The predicted molar refractivity (Wildman–Crippen MR) is 110 cm³/mol. The Bertz CT molecular complexity index is 1190. The first-order valence-corrected chi connectivity index (χ1v) is 9.77. The molecular formula is C23H19N3O4. The van der Waals surface area contributed by atoms with E-state index in [2.05, 4.69) is 5.16 Å². The molecule has 30 heavy (non-hydrogen) atoms. The summed E-state index contributed by atoms with van der Waals surface area (Å²) in [7, 11) is 0. The minimum absolute atomic E-state index is 0.0674. The first kappa shape index (κ1) is 18.2. The van der Waals surface area contributed by atoms with Crippen molar-refractivity contribution < 1.29 is 18.5 Å². The molecule has 0 atom stereocenters. The molecule has 2 amide bonds. The monoisotopic (exact) mass is 401 g/mol. The fourth-order valence-electron chi connectivity index (χ4n) is 3.72. The van der Waals surface area contributed by atoms with Gasteiger partial charge in [-0.2, -0.15) is 0 Å². The zero-order chi connectivity index (χ0) is 20.5. The molecule has 3 heterocycles. The highest BCUT2D eigenvalue weighted by molar-refractivity contribution is 6.01. The summed E-state index contributed by atoms with van der Waals surface area (Å²) in [5.41, 5.74) is 2.20. The number of hydrogen-bond donors (Lipinski definition) is 0. The van der Waals surface area contributed by atoms with Gasteiger partial charge < -0.3 is 18.7 Å². The number of rotatable bonds is 3. The number of fused-ring (bicyclic) bond motifs is 1. The third-order valence-electron chi connectivity index (χ3n) is 5.35. The number of furan rings is 1. The maximum absolute atomic E-state index is 13.1. The van der Waals surface area contributed by atoms with Gasteiger partial charge in [0, 0.05) is 37.3 Å². The van der Waals surface area contributed by atoms with Gasteiger partial charge in [-0.1, -0.05) is 35.5 Å². The van der Waals surface area contributed by atoms with E-state index in [1.807, 2.05) is 36.4 Å². The molecule has 2 aromatic heterocycles. The first-order valence-electron chi connectivity index (χ1n) is 9.77. The Labute approximate surface area is 172 Å². The predicted octanol–water partition coefficient (Wildman–Crippen LogP) is 3.69. The summed E-state index contributed by atoms with van der Waals surface area (Å²) in [6.07, 6.45) is 1.48. The van der Waals surface area contributed by atoms with E-state index in [-0.39, 0.29) is 11.8 Å². The van der Waals surface area contributed by atoms with Crippen molar-refractivity contribution in [1.82, 2.24) is 15.0 Å². The van der Waals surface area contributed by atoms with E-state index in [1.165, 1.54) is 6.26 Å². The second-order valence-electron chi connectivity index (χ2n) is 7.17. The van der Waals surface area contributed by atoms with Crippen molar-refractivity contribution in [3.05, 3.63) is 78.3 Å². The normalized spacial score (nSPS) is 14.3. The number of nitrogens with zero attached hydrogens (tertiary/aromatic N) is 3. The van der Waals surface area contributed by atoms with Gasteiger partial charge in [-0.3, -0.25) is 9.59 Å². The van der Waals surface area contributed by atoms with Crippen LogP contribution in [0.5, 0.6) is 0 Å². The lowest BCUT2D eigenvalue weighted by Crippen LogP contribution is -2.50. The minimum Gasteiger partial charge on any atom is -0.459 e. The van der Waals surface area contributed by atoms with Crippen LogP contribution in [0.4, 0.5) is 0 Å². The van der Waals surface area contributed by atoms with Crippen molar-refractivity contribution in [1.29, 1.82) is 0 Å². The molecule has 1 saturated heterocycles. The molecular weight excluding hydrogens is 382 g/mol. The number of piperazine rings is 1. The average Bonchev–Trinajstić information content (AvgIpc) is 3.48. The van der Waals surface area contributed by atoms with Crippen LogP contribution in [0.15, 0.2) is 75.9 Å². The lowest BCUT2D eigenvalue weighted by atomic mass is 10.1. The molecule has 0 aliphatic carbocycles. The highest BCUT2D eigenvalue weighted by Crippen LogP contribution is 2.29. The second-order valence-corrected chi connectivity index (χ2v) is 7.17. The molecule has 0 unspecified atom stereocenters. The van der Waals surface area contributed by atoms with Gasteiger partial charge >= 0.3 is 0 Å². The van der Waals surface area contributed by atoms with E-state index in [0.29, 0.717) is 48.8 Å². The van der Waals surface area contributed by atoms with E-state index < -0.39 is 0 Å². The minimum atomic E-state index is -0.148. The van der Waals surface area contributed by atoms with Crippen LogP contribution in [-0.2, 0) is 0 Å². The van der Waals surface area contributed by atoms with Gasteiger partial charge in [0.05, 0.1) is 11.6 Å². The number of carbonyl (C=O) groups is 2. The van der Waals surface area contributed by atoms with Crippen LogP contribution in [0.2, 0.25) is 0 Å². The van der Waals surface area contributed by atoms with Crippen LogP contribution in [0.25, 0.3) is 22.2 Å². The average molecular weight is 401 g/mol. The summed E-state index contributed by atoms with van der Waals surface area (Å²) in [6, 6.07) is 18.4. The molecule has 1 aliphatic rings. The largest absolute Gasteiger partial charge is 0.459 e.